The third-order valence-electron chi connectivity index (χ3n) is 4.55. The molecule has 25 heavy (non-hydrogen) atoms. The molecule has 0 bridgehead atoms. The zero-order valence-corrected chi connectivity index (χ0v) is 18.3. The SMILES string of the molecule is CCCCCCCCCCCCCCCCCC(=O)OCCCO.[H-].[H-].[Mg+2]. The molecule has 0 radical (unpaired) electrons. The fourth-order valence-electron chi connectivity index (χ4n) is 2.96. The summed E-state index contributed by atoms with van der Waals surface area (Å²) in [5, 5.41) is 8.60. The monoisotopic (exact) mass is 368 g/mol. The molecule has 0 saturated carbocycles. The number of unbranched alkanes of at least 4 members (excludes halogenated alkanes) is 14. The second kappa shape index (κ2) is 24.2. The van der Waals surface area contributed by atoms with E-state index in [2.05, 4.69) is 6.92 Å². The van der Waals surface area contributed by atoms with Crippen LogP contribution in [0.3, 0.4) is 0 Å². The molecule has 0 aromatic heterocycles. The van der Waals surface area contributed by atoms with Gasteiger partial charge in [-0.15, -0.1) is 0 Å². The number of esters is 1. The zero-order chi connectivity index (χ0) is 17.7. The van der Waals surface area contributed by atoms with Crippen molar-refractivity contribution in [3.8, 4) is 0 Å². The number of carbonyl (C=O) groups excluding carboxylic acids is 1. The van der Waals surface area contributed by atoms with Gasteiger partial charge in [-0.1, -0.05) is 96.8 Å². The third kappa shape index (κ3) is 24.2. The maximum atomic E-state index is 11.3. The topological polar surface area (TPSA) is 46.5 Å². The van der Waals surface area contributed by atoms with Crippen molar-refractivity contribution in [2.24, 2.45) is 0 Å². The van der Waals surface area contributed by atoms with Crippen molar-refractivity contribution >= 4 is 29.0 Å². The normalized spacial score (nSPS) is 10.5. The van der Waals surface area contributed by atoms with Crippen molar-refractivity contribution in [1.82, 2.24) is 0 Å². The van der Waals surface area contributed by atoms with Gasteiger partial charge < -0.3 is 12.7 Å². The molecule has 0 heterocycles. The molecule has 4 heteroatoms. The van der Waals surface area contributed by atoms with Gasteiger partial charge >= 0.3 is 29.0 Å². The van der Waals surface area contributed by atoms with E-state index in [9.17, 15) is 4.79 Å². The van der Waals surface area contributed by atoms with Crippen LogP contribution in [0.15, 0.2) is 0 Å². The number of hydrogen-bond acceptors (Lipinski definition) is 3. The van der Waals surface area contributed by atoms with Crippen LogP contribution < -0.4 is 0 Å². The van der Waals surface area contributed by atoms with Crippen LogP contribution in [0.5, 0.6) is 0 Å². The van der Waals surface area contributed by atoms with Gasteiger partial charge in [-0.3, -0.25) is 4.79 Å². The summed E-state index contributed by atoms with van der Waals surface area (Å²) in [6.45, 7) is 2.72. The first kappa shape index (κ1) is 27.4. The summed E-state index contributed by atoms with van der Waals surface area (Å²) in [4.78, 5) is 11.3. The summed E-state index contributed by atoms with van der Waals surface area (Å²) in [6.07, 6.45) is 21.1. The fraction of sp³-hybridized carbons (Fsp3) is 0.952. The Morgan fingerprint density at radius 3 is 1.52 bits per heavy atom. The maximum Gasteiger partial charge on any atom is 2.00 e. The van der Waals surface area contributed by atoms with E-state index in [1.54, 1.807) is 0 Å². The molecular formula is C21H44MgO3. The van der Waals surface area contributed by atoms with Gasteiger partial charge in [0.1, 0.15) is 0 Å². The second-order valence-corrected chi connectivity index (χ2v) is 7.00. The predicted octanol–water partition coefficient (Wildman–Crippen LogP) is 6.02. The molecule has 0 saturated heterocycles. The van der Waals surface area contributed by atoms with E-state index in [1.807, 2.05) is 0 Å². The van der Waals surface area contributed by atoms with Crippen LogP contribution in [0, 0.1) is 0 Å². The molecular weight excluding hydrogens is 325 g/mol. The number of aliphatic hydroxyl groups excluding tert-OH is 1. The van der Waals surface area contributed by atoms with Gasteiger partial charge in [0, 0.05) is 19.4 Å². The summed E-state index contributed by atoms with van der Waals surface area (Å²) in [6, 6.07) is 0. The van der Waals surface area contributed by atoms with Gasteiger partial charge in [0.25, 0.3) is 0 Å². The molecule has 0 rings (SSSR count). The Kier molecular flexibility index (Phi) is 26.5. The van der Waals surface area contributed by atoms with E-state index >= 15 is 0 Å². The second-order valence-electron chi connectivity index (χ2n) is 7.00. The standard InChI is InChI=1S/C21H42O3.Mg.2H/c1-2-3-4-5-6-7-8-9-10-11-12-13-14-15-16-18-21(23)24-20-17-19-22;;;/h22H,2-20H2,1H3;;;/q;+2;2*-1. The number of hydrogen-bond donors (Lipinski definition) is 1. The molecule has 0 atom stereocenters. The molecule has 0 amide bonds. The third-order valence-corrected chi connectivity index (χ3v) is 4.55. The summed E-state index contributed by atoms with van der Waals surface area (Å²) >= 11 is 0. The molecule has 0 aromatic rings. The average molecular weight is 369 g/mol. The van der Waals surface area contributed by atoms with E-state index in [1.165, 1.54) is 83.5 Å². The van der Waals surface area contributed by atoms with Crippen LogP contribution >= 0.6 is 0 Å². The summed E-state index contributed by atoms with van der Waals surface area (Å²) in [5.41, 5.74) is 0. The number of ether oxygens (including phenoxy) is 1. The summed E-state index contributed by atoms with van der Waals surface area (Å²) in [5.74, 6) is -0.113. The van der Waals surface area contributed by atoms with Crippen LogP contribution in [0.4, 0.5) is 0 Å². The Morgan fingerprint density at radius 2 is 1.12 bits per heavy atom. The Bertz CT molecular complexity index is 270. The molecule has 0 spiro atoms. The van der Waals surface area contributed by atoms with Crippen LogP contribution in [-0.4, -0.2) is 47.3 Å². The first-order valence-electron chi connectivity index (χ1n) is 10.6. The van der Waals surface area contributed by atoms with Crippen molar-refractivity contribution in [3.63, 3.8) is 0 Å². The minimum Gasteiger partial charge on any atom is -1.00 e. The van der Waals surface area contributed by atoms with E-state index in [4.69, 9.17) is 9.84 Å². The zero-order valence-electron chi connectivity index (χ0n) is 18.9. The van der Waals surface area contributed by atoms with E-state index in [0.29, 0.717) is 19.4 Å². The van der Waals surface area contributed by atoms with E-state index in [-0.39, 0.29) is 38.5 Å². The molecule has 3 nitrogen and oxygen atoms in total. The van der Waals surface area contributed by atoms with Gasteiger partial charge in [-0.25, -0.2) is 0 Å². The van der Waals surface area contributed by atoms with Crippen LogP contribution in [0.25, 0.3) is 0 Å². The molecule has 0 aromatic carbocycles. The first-order chi connectivity index (χ1) is 11.8. The average Bonchev–Trinajstić information content (AvgIpc) is 2.58. The van der Waals surface area contributed by atoms with Crippen molar-refractivity contribution in [3.05, 3.63) is 0 Å². The Labute approximate surface area is 175 Å². The van der Waals surface area contributed by atoms with Gasteiger partial charge in [-0.2, -0.15) is 0 Å². The quantitative estimate of drug-likeness (QED) is 0.172. The van der Waals surface area contributed by atoms with Crippen molar-refractivity contribution in [2.75, 3.05) is 13.2 Å². The molecule has 0 unspecified atom stereocenters. The molecule has 148 valence electrons. The molecule has 0 fully saturated rings. The van der Waals surface area contributed by atoms with E-state index < -0.39 is 0 Å². The maximum absolute atomic E-state index is 11.3. The van der Waals surface area contributed by atoms with Gasteiger partial charge in [-0.05, 0) is 6.42 Å². The Balaban J connectivity index is -0.000000882. The fourth-order valence-corrected chi connectivity index (χ4v) is 2.96. The molecule has 1 N–H and O–H groups in total. The summed E-state index contributed by atoms with van der Waals surface area (Å²) in [7, 11) is 0. The summed E-state index contributed by atoms with van der Waals surface area (Å²) < 4.78 is 5.00. The van der Waals surface area contributed by atoms with Crippen LogP contribution in [0.2, 0.25) is 0 Å². The van der Waals surface area contributed by atoms with Crippen molar-refractivity contribution in [2.45, 2.75) is 116 Å². The van der Waals surface area contributed by atoms with E-state index in [0.717, 1.165) is 12.8 Å². The van der Waals surface area contributed by atoms with Gasteiger partial charge in [0.2, 0.25) is 0 Å². The minimum atomic E-state index is -0.113. The number of carbonyl (C=O) groups is 1. The van der Waals surface area contributed by atoms with Crippen molar-refractivity contribution in [1.29, 1.82) is 0 Å². The molecule has 0 aliphatic rings. The van der Waals surface area contributed by atoms with Crippen LogP contribution in [0.1, 0.15) is 119 Å². The van der Waals surface area contributed by atoms with Crippen LogP contribution in [-0.2, 0) is 9.53 Å². The minimum absolute atomic E-state index is 0. The van der Waals surface area contributed by atoms with Crippen molar-refractivity contribution < 1.29 is 17.5 Å². The Morgan fingerprint density at radius 1 is 0.720 bits per heavy atom. The Hall–Kier alpha value is 0.196. The largest absolute Gasteiger partial charge is 2.00 e. The molecule has 0 aliphatic carbocycles. The predicted molar refractivity (Wildman–Crippen MR) is 110 cm³/mol. The van der Waals surface area contributed by atoms with Gasteiger partial charge in [0.15, 0.2) is 0 Å². The molecule has 0 aliphatic heterocycles. The smallest absolute Gasteiger partial charge is 1.00 e. The first-order valence-corrected chi connectivity index (χ1v) is 10.6. The van der Waals surface area contributed by atoms with Gasteiger partial charge in [0.05, 0.1) is 6.61 Å². The number of rotatable bonds is 19. The number of aliphatic hydroxyl groups is 1.